The molecule has 0 aromatic carbocycles. The number of hydrogen-bond acceptors (Lipinski definition) is 1. The molecule has 0 atom stereocenters. The van der Waals surface area contributed by atoms with E-state index in [-0.39, 0.29) is 22.5 Å². The number of halogens is 3. The van der Waals surface area contributed by atoms with Crippen LogP contribution in [0.1, 0.15) is 0 Å². The summed E-state index contributed by atoms with van der Waals surface area (Å²) in [6.07, 6.45) is -5.08. The molecule has 1 radical (unpaired) electrons. The second kappa shape index (κ2) is 4.60. The van der Waals surface area contributed by atoms with Gasteiger partial charge in [-0.2, -0.15) is 13.2 Å². The predicted octanol–water partition coefficient (Wildman–Crippen LogP) is -0.194. The molecule has 0 amide bonds. The number of alkyl halides is 3. The maximum Gasteiger partial charge on any atom is 2.00 e. The maximum atomic E-state index is 10.6. The maximum absolute atomic E-state index is 10.6. The van der Waals surface area contributed by atoms with E-state index in [1.807, 2.05) is 0 Å². The standard InChI is InChI=1S/C2HF3O2.Cu.H2O/c3-2(4,5)1(6)7;;/h(H,6,7);;1H2/q;+2;. The molecule has 0 rings (SSSR count). The number of aliphatic carboxylic acids is 1. The molecule has 0 heterocycles. The Bertz CT molecular complexity index is 89.5. The molecule has 0 bridgehead atoms. The van der Waals surface area contributed by atoms with Gasteiger partial charge in [0.1, 0.15) is 0 Å². The third kappa shape index (κ3) is 7.74. The molecule has 0 aromatic rings. The van der Waals surface area contributed by atoms with Crippen molar-refractivity contribution >= 4 is 5.97 Å². The number of rotatable bonds is 0. The third-order valence-corrected chi connectivity index (χ3v) is 0.243. The molecule has 0 saturated heterocycles. The molecule has 9 heavy (non-hydrogen) atoms. The van der Waals surface area contributed by atoms with Gasteiger partial charge in [-0.1, -0.05) is 0 Å². The van der Waals surface area contributed by atoms with Gasteiger partial charge in [0.05, 0.1) is 0 Å². The predicted molar refractivity (Wildman–Crippen MR) is 17.3 cm³/mol. The molecule has 59 valence electrons. The molecular formula is C2H3CuF3O3+2. The van der Waals surface area contributed by atoms with Crippen LogP contribution in [0.2, 0.25) is 0 Å². The SMILES string of the molecule is O.O=C(O)C(F)(F)F.[Cu+2]. The minimum absolute atomic E-state index is 0. The second-order valence-corrected chi connectivity index (χ2v) is 0.803. The van der Waals surface area contributed by atoms with Crippen molar-refractivity contribution in [3.05, 3.63) is 0 Å². The van der Waals surface area contributed by atoms with E-state index >= 15 is 0 Å². The average Bonchev–Trinajstić information content (AvgIpc) is 1.31. The fourth-order valence-corrected chi connectivity index (χ4v) is 0. The Balaban J connectivity index is -0.000000180. The van der Waals surface area contributed by atoms with Crippen LogP contribution in [0.15, 0.2) is 0 Å². The Morgan fingerprint density at radius 3 is 1.44 bits per heavy atom. The summed E-state index contributed by atoms with van der Waals surface area (Å²) in [6.45, 7) is 0. The summed E-state index contributed by atoms with van der Waals surface area (Å²) in [6, 6.07) is 0. The van der Waals surface area contributed by atoms with Gasteiger partial charge in [0.25, 0.3) is 0 Å². The number of carboxylic acids is 1. The number of carbonyl (C=O) groups is 1. The van der Waals surface area contributed by atoms with E-state index in [0.717, 1.165) is 0 Å². The van der Waals surface area contributed by atoms with Crippen LogP contribution < -0.4 is 0 Å². The van der Waals surface area contributed by atoms with Crippen LogP contribution in [0.5, 0.6) is 0 Å². The normalized spacial score (nSPS) is 8.78. The van der Waals surface area contributed by atoms with Gasteiger partial charge in [-0.15, -0.1) is 0 Å². The van der Waals surface area contributed by atoms with Crippen molar-refractivity contribution in [3.63, 3.8) is 0 Å². The molecule has 0 aliphatic heterocycles. The van der Waals surface area contributed by atoms with Gasteiger partial charge in [0.15, 0.2) is 0 Å². The molecule has 3 nitrogen and oxygen atoms in total. The first kappa shape index (κ1) is 15.9. The Labute approximate surface area is 58.6 Å². The largest absolute Gasteiger partial charge is 2.00 e. The summed E-state index contributed by atoms with van der Waals surface area (Å²) in [5.41, 5.74) is 0. The van der Waals surface area contributed by atoms with Gasteiger partial charge < -0.3 is 10.6 Å². The summed E-state index contributed by atoms with van der Waals surface area (Å²) in [5, 5.41) is 7.12. The zero-order valence-electron chi connectivity index (χ0n) is 3.79. The van der Waals surface area contributed by atoms with Crippen molar-refractivity contribution in [2.45, 2.75) is 6.18 Å². The zero-order chi connectivity index (χ0) is 6.08. The van der Waals surface area contributed by atoms with Crippen molar-refractivity contribution < 1.29 is 45.6 Å². The van der Waals surface area contributed by atoms with Crippen molar-refractivity contribution in [3.8, 4) is 0 Å². The van der Waals surface area contributed by atoms with Crippen LogP contribution in [0.3, 0.4) is 0 Å². The summed E-state index contributed by atoms with van der Waals surface area (Å²) in [7, 11) is 0. The molecular weight excluding hydrogens is 193 g/mol. The van der Waals surface area contributed by atoms with Crippen molar-refractivity contribution in [2.24, 2.45) is 0 Å². The van der Waals surface area contributed by atoms with E-state index in [9.17, 15) is 13.2 Å². The van der Waals surface area contributed by atoms with E-state index in [2.05, 4.69) is 0 Å². The molecule has 0 spiro atoms. The Hall–Kier alpha value is -0.261. The molecule has 0 unspecified atom stereocenters. The molecule has 7 heteroatoms. The molecule has 0 saturated carbocycles. The van der Waals surface area contributed by atoms with Gasteiger partial charge in [0.2, 0.25) is 0 Å². The van der Waals surface area contributed by atoms with Gasteiger partial charge in [0, 0.05) is 0 Å². The van der Waals surface area contributed by atoms with E-state index < -0.39 is 12.1 Å². The Kier molecular flexibility index (Phi) is 8.13. The number of carboxylic acid groups (broad SMARTS) is 1. The first-order valence-corrected chi connectivity index (χ1v) is 1.24. The first-order valence-electron chi connectivity index (χ1n) is 1.24. The summed E-state index contributed by atoms with van der Waals surface area (Å²) in [4.78, 5) is 8.90. The molecule has 0 aliphatic carbocycles. The van der Waals surface area contributed by atoms with E-state index in [1.54, 1.807) is 0 Å². The molecule has 3 N–H and O–H groups in total. The van der Waals surface area contributed by atoms with Crippen LogP contribution in [-0.4, -0.2) is 22.7 Å². The van der Waals surface area contributed by atoms with Crippen molar-refractivity contribution in [1.82, 2.24) is 0 Å². The van der Waals surface area contributed by atoms with Gasteiger partial charge in [-0.05, 0) is 0 Å². The number of hydrogen-bond donors (Lipinski definition) is 1. The third-order valence-electron chi connectivity index (χ3n) is 0.243. The van der Waals surface area contributed by atoms with Gasteiger partial charge in [-0.3, -0.25) is 0 Å². The van der Waals surface area contributed by atoms with Crippen LogP contribution in [0, 0.1) is 0 Å². The van der Waals surface area contributed by atoms with E-state index in [0.29, 0.717) is 0 Å². The second-order valence-electron chi connectivity index (χ2n) is 0.803. The smallest absolute Gasteiger partial charge is 0.475 e. The Morgan fingerprint density at radius 1 is 1.33 bits per heavy atom. The van der Waals surface area contributed by atoms with Crippen molar-refractivity contribution in [2.75, 3.05) is 0 Å². The van der Waals surface area contributed by atoms with E-state index in [1.165, 1.54) is 0 Å². The minimum atomic E-state index is -5.08. The molecule has 0 aromatic heterocycles. The zero-order valence-corrected chi connectivity index (χ0v) is 4.73. The summed E-state index contributed by atoms with van der Waals surface area (Å²) in [5.74, 6) is -2.76. The fraction of sp³-hybridized carbons (Fsp3) is 0.500. The monoisotopic (exact) mass is 195 g/mol. The quantitative estimate of drug-likeness (QED) is 0.544. The van der Waals surface area contributed by atoms with Crippen LogP contribution in [-0.2, 0) is 21.9 Å². The summed E-state index contributed by atoms with van der Waals surface area (Å²) < 4.78 is 31.7. The van der Waals surface area contributed by atoms with Gasteiger partial charge in [-0.25, -0.2) is 4.79 Å². The fourth-order valence-electron chi connectivity index (χ4n) is 0. The topological polar surface area (TPSA) is 68.8 Å². The Morgan fingerprint density at radius 2 is 1.44 bits per heavy atom. The first-order chi connectivity index (χ1) is 2.94. The average molecular weight is 196 g/mol. The van der Waals surface area contributed by atoms with Crippen LogP contribution >= 0.6 is 0 Å². The minimum Gasteiger partial charge on any atom is -0.475 e. The van der Waals surface area contributed by atoms with Crippen molar-refractivity contribution in [1.29, 1.82) is 0 Å². The van der Waals surface area contributed by atoms with Gasteiger partial charge >= 0.3 is 29.2 Å². The summed E-state index contributed by atoms with van der Waals surface area (Å²) >= 11 is 0. The van der Waals surface area contributed by atoms with E-state index in [4.69, 9.17) is 9.90 Å². The molecule has 0 aliphatic rings. The van der Waals surface area contributed by atoms with Crippen LogP contribution in [0.4, 0.5) is 13.2 Å². The van der Waals surface area contributed by atoms with Crippen LogP contribution in [0.25, 0.3) is 0 Å². The molecule has 0 fully saturated rings.